The molecule has 0 bridgehead atoms. The van der Waals surface area contributed by atoms with Crippen LogP contribution in [-0.4, -0.2) is 50.9 Å². The molecule has 0 fully saturated rings. The minimum Gasteiger partial charge on any atom is -0.495 e. The fraction of sp³-hybridized carbons (Fsp3) is 0.278. The van der Waals surface area contributed by atoms with Crippen molar-refractivity contribution in [3.63, 3.8) is 0 Å². The summed E-state index contributed by atoms with van der Waals surface area (Å²) in [5, 5.41) is 2.97. The van der Waals surface area contributed by atoms with Crippen molar-refractivity contribution in [2.45, 2.75) is 57.6 Å². The molecule has 8 nitrogen and oxygen atoms in total. The van der Waals surface area contributed by atoms with Crippen molar-refractivity contribution >= 4 is 43.5 Å². The molecule has 4 rings (SSSR count). The molecule has 0 aliphatic heterocycles. The van der Waals surface area contributed by atoms with Crippen LogP contribution in [0, 0.1) is 13.8 Å². The molecule has 242 valence electrons. The number of carbonyl (C=O) groups excluding carboxylic acids is 2. The third kappa shape index (κ3) is 8.76. The minimum atomic E-state index is -4.25. The zero-order valence-corrected chi connectivity index (χ0v) is 29.1. The van der Waals surface area contributed by atoms with E-state index in [1.54, 1.807) is 24.3 Å². The van der Waals surface area contributed by atoms with Gasteiger partial charge in [0.25, 0.3) is 10.0 Å². The van der Waals surface area contributed by atoms with Gasteiger partial charge in [-0.2, -0.15) is 0 Å². The summed E-state index contributed by atoms with van der Waals surface area (Å²) in [6.45, 7) is 6.94. The Kier molecular flexibility index (Phi) is 11.6. The molecule has 4 aromatic rings. The summed E-state index contributed by atoms with van der Waals surface area (Å²) in [6, 6.07) is 27.5. The summed E-state index contributed by atoms with van der Waals surface area (Å²) >= 11 is 3.51. The van der Waals surface area contributed by atoms with Gasteiger partial charge in [0, 0.05) is 23.5 Å². The highest BCUT2D eigenvalue weighted by Gasteiger charge is 2.35. The molecule has 2 amide bonds. The van der Waals surface area contributed by atoms with Gasteiger partial charge in [-0.05, 0) is 80.8 Å². The normalized spacial score (nSPS) is 12.0. The maximum atomic E-state index is 14.6. The number of anilines is 1. The molecule has 10 heteroatoms. The van der Waals surface area contributed by atoms with Crippen LogP contribution in [0.25, 0.3) is 0 Å². The van der Waals surface area contributed by atoms with Crippen molar-refractivity contribution < 1.29 is 22.7 Å². The number of methoxy groups -OCH3 is 1. The number of hydrogen-bond acceptors (Lipinski definition) is 5. The first kappa shape index (κ1) is 34.7. The Balaban J connectivity index is 1.86. The Morgan fingerprint density at radius 2 is 1.50 bits per heavy atom. The molecule has 0 radical (unpaired) electrons. The molecule has 0 aromatic heterocycles. The van der Waals surface area contributed by atoms with Crippen LogP contribution in [0.5, 0.6) is 5.75 Å². The number of benzene rings is 4. The van der Waals surface area contributed by atoms with E-state index in [9.17, 15) is 18.0 Å². The molecule has 0 spiro atoms. The summed E-state index contributed by atoms with van der Waals surface area (Å²) in [6.07, 6.45) is 0.234. The van der Waals surface area contributed by atoms with Gasteiger partial charge in [0.05, 0.1) is 17.7 Å². The van der Waals surface area contributed by atoms with Crippen LogP contribution < -0.4 is 14.4 Å². The summed E-state index contributed by atoms with van der Waals surface area (Å²) in [5.41, 5.74) is 3.55. The van der Waals surface area contributed by atoms with Crippen LogP contribution in [0.3, 0.4) is 0 Å². The standard InChI is InChI=1S/C36H40BrN3O5S/c1-25(2)38-36(42)33(22-28-10-7-6-8-11-28)39(23-29-12-9-13-30(37)21-29)35(41)24-40(32-20-27(4)16-19-34(32)45-5)46(43,44)31-17-14-26(3)15-18-31/h6-21,25,33H,22-24H2,1-5H3,(H,38,42). The second-order valence-corrected chi connectivity index (χ2v) is 14.3. The summed E-state index contributed by atoms with van der Waals surface area (Å²) in [5.74, 6) is -0.576. The number of hydrogen-bond donors (Lipinski definition) is 1. The van der Waals surface area contributed by atoms with E-state index in [-0.39, 0.29) is 35.5 Å². The van der Waals surface area contributed by atoms with E-state index < -0.39 is 28.5 Å². The van der Waals surface area contributed by atoms with Crippen molar-refractivity contribution in [2.24, 2.45) is 0 Å². The quantitative estimate of drug-likeness (QED) is 0.173. The van der Waals surface area contributed by atoms with Gasteiger partial charge in [-0.3, -0.25) is 13.9 Å². The van der Waals surface area contributed by atoms with Crippen molar-refractivity contribution in [3.05, 3.63) is 124 Å². The Morgan fingerprint density at radius 3 is 2.13 bits per heavy atom. The summed E-state index contributed by atoms with van der Waals surface area (Å²) < 4.78 is 36.2. The van der Waals surface area contributed by atoms with Gasteiger partial charge in [-0.15, -0.1) is 0 Å². The average Bonchev–Trinajstić information content (AvgIpc) is 3.01. The molecule has 0 saturated carbocycles. The third-order valence-corrected chi connectivity index (χ3v) is 9.70. The number of ether oxygens (including phenoxy) is 1. The summed E-state index contributed by atoms with van der Waals surface area (Å²) in [4.78, 5) is 30.0. The summed E-state index contributed by atoms with van der Waals surface area (Å²) in [7, 11) is -2.80. The molecule has 46 heavy (non-hydrogen) atoms. The highest BCUT2D eigenvalue weighted by atomic mass is 79.9. The lowest BCUT2D eigenvalue weighted by atomic mass is 10.0. The molecule has 0 aliphatic rings. The lowest BCUT2D eigenvalue weighted by Gasteiger charge is -2.34. The van der Waals surface area contributed by atoms with Crippen LogP contribution >= 0.6 is 15.9 Å². The smallest absolute Gasteiger partial charge is 0.264 e. The van der Waals surface area contributed by atoms with Crippen LogP contribution in [0.1, 0.15) is 36.1 Å². The largest absolute Gasteiger partial charge is 0.495 e. The Bertz CT molecular complexity index is 1760. The number of halogens is 1. The number of carbonyl (C=O) groups is 2. The number of nitrogens with one attached hydrogen (secondary N) is 1. The molecular weight excluding hydrogens is 666 g/mol. The van der Waals surface area contributed by atoms with Crippen molar-refractivity contribution in [1.29, 1.82) is 0 Å². The average molecular weight is 707 g/mol. The molecule has 0 saturated heterocycles. The number of sulfonamides is 1. The number of amides is 2. The van der Waals surface area contributed by atoms with Crippen LogP contribution in [-0.2, 0) is 32.6 Å². The zero-order chi connectivity index (χ0) is 33.4. The Hall–Kier alpha value is -4.15. The van der Waals surface area contributed by atoms with Gasteiger partial charge in [0.1, 0.15) is 18.3 Å². The van der Waals surface area contributed by atoms with Gasteiger partial charge in [0.15, 0.2) is 0 Å². The second-order valence-electron chi connectivity index (χ2n) is 11.5. The van der Waals surface area contributed by atoms with Gasteiger partial charge in [-0.25, -0.2) is 8.42 Å². The first-order chi connectivity index (χ1) is 21.9. The number of rotatable bonds is 13. The molecule has 4 aromatic carbocycles. The molecule has 1 unspecified atom stereocenters. The monoisotopic (exact) mass is 705 g/mol. The topological polar surface area (TPSA) is 96.0 Å². The third-order valence-electron chi connectivity index (χ3n) is 7.43. The second kappa shape index (κ2) is 15.4. The zero-order valence-electron chi connectivity index (χ0n) is 26.7. The van der Waals surface area contributed by atoms with E-state index in [1.807, 2.05) is 88.4 Å². The van der Waals surface area contributed by atoms with Crippen LogP contribution in [0.2, 0.25) is 0 Å². The predicted octanol–water partition coefficient (Wildman–Crippen LogP) is 6.43. The van der Waals surface area contributed by atoms with Crippen LogP contribution in [0.15, 0.2) is 106 Å². The van der Waals surface area contributed by atoms with Gasteiger partial charge < -0.3 is 15.0 Å². The highest BCUT2D eigenvalue weighted by molar-refractivity contribution is 9.10. The van der Waals surface area contributed by atoms with Crippen molar-refractivity contribution in [3.8, 4) is 5.75 Å². The molecule has 0 heterocycles. The van der Waals surface area contributed by atoms with E-state index >= 15 is 0 Å². The van der Waals surface area contributed by atoms with E-state index in [0.717, 1.165) is 31.0 Å². The molecule has 1 atom stereocenters. The lowest BCUT2D eigenvalue weighted by molar-refractivity contribution is -0.140. The maximum absolute atomic E-state index is 14.6. The van der Waals surface area contributed by atoms with E-state index in [0.29, 0.717) is 5.75 Å². The first-order valence-corrected chi connectivity index (χ1v) is 17.2. The number of nitrogens with zero attached hydrogens (tertiary/aromatic N) is 2. The lowest BCUT2D eigenvalue weighted by Crippen LogP contribution is -2.54. The van der Waals surface area contributed by atoms with Crippen molar-refractivity contribution in [2.75, 3.05) is 18.0 Å². The minimum absolute atomic E-state index is 0.0337. The van der Waals surface area contributed by atoms with E-state index in [4.69, 9.17) is 4.74 Å². The van der Waals surface area contributed by atoms with E-state index in [2.05, 4.69) is 21.2 Å². The van der Waals surface area contributed by atoms with E-state index in [1.165, 1.54) is 24.1 Å². The molecular formula is C36H40BrN3O5S. The fourth-order valence-electron chi connectivity index (χ4n) is 5.11. The van der Waals surface area contributed by atoms with Gasteiger partial charge >= 0.3 is 0 Å². The number of aryl methyl sites for hydroxylation is 2. The Labute approximate surface area is 280 Å². The van der Waals surface area contributed by atoms with Crippen LogP contribution in [0.4, 0.5) is 5.69 Å². The Morgan fingerprint density at radius 1 is 0.848 bits per heavy atom. The maximum Gasteiger partial charge on any atom is 0.264 e. The van der Waals surface area contributed by atoms with Gasteiger partial charge in [-0.1, -0.05) is 82.2 Å². The fourth-order valence-corrected chi connectivity index (χ4v) is 6.98. The van der Waals surface area contributed by atoms with Crippen molar-refractivity contribution in [1.82, 2.24) is 10.2 Å². The highest BCUT2D eigenvalue weighted by Crippen LogP contribution is 2.34. The molecule has 0 aliphatic carbocycles. The van der Waals surface area contributed by atoms with Gasteiger partial charge in [0.2, 0.25) is 11.8 Å². The SMILES string of the molecule is COc1ccc(C)cc1N(CC(=O)N(Cc1cccc(Br)c1)C(Cc1ccccc1)C(=O)NC(C)C)S(=O)(=O)c1ccc(C)cc1. The predicted molar refractivity (Wildman–Crippen MR) is 185 cm³/mol. The first-order valence-electron chi connectivity index (χ1n) is 15.0. The molecule has 1 N–H and O–H groups in total.